The van der Waals surface area contributed by atoms with Crippen LogP contribution in [0.25, 0.3) is 0 Å². The Balaban J connectivity index is 4.59. The molecule has 0 aliphatic rings. The molecule has 0 atom stereocenters. The standard InChI is InChI=1S/C12H22O4S2/c1-6-7-8(15-9(13)11(2,3)17)16-10(14)12(4,5)18/h8,17-18H,6-7H2,1-5H3. The molecule has 0 amide bonds. The molecular weight excluding hydrogens is 272 g/mol. The molecule has 0 spiro atoms. The van der Waals surface area contributed by atoms with Crippen molar-refractivity contribution in [1.82, 2.24) is 0 Å². The SMILES string of the molecule is CCCC(OC(=O)C(C)(C)S)OC(=O)C(C)(C)S. The van der Waals surface area contributed by atoms with Gasteiger partial charge in [-0.15, -0.1) is 0 Å². The molecule has 0 N–H and O–H groups in total. The fourth-order valence-electron chi connectivity index (χ4n) is 0.905. The lowest BCUT2D eigenvalue weighted by Gasteiger charge is -2.25. The minimum atomic E-state index is -0.922. The minimum Gasteiger partial charge on any atom is -0.424 e. The number of hydrogen-bond acceptors (Lipinski definition) is 6. The highest BCUT2D eigenvalue weighted by Gasteiger charge is 2.32. The van der Waals surface area contributed by atoms with Crippen LogP contribution in [0.2, 0.25) is 0 Å². The molecule has 4 nitrogen and oxygen atoms in total. The van der Waals surface area contributed by atoms with Gasteiger partial charge >= 0.3 is 11.9 Å². The van der Waals surface area contributed by atoms with Crippen molar-refractivity contribution in [3.63, 3.8) is 0 Å². The van der Waals surface area contributed by atoms with E-state index in [1.807, 2.05) is 6.92 Å². The molecule has 0 fully saturated rings. The molecule has 0 rings (SSSR count). The number of thiol groups is 2. The number of carbonyl (C=O) groups is 2. The van der Waals surface area contributed by atoms with Gasteiger partial charge in [0.25, 0.3) is 0 Å². The van der Waals surface area contributed by atoms with Crippen LogP contribution in [0, 0.1) is 0 Å². The second-order valence-corrected chi connectivity index (χ2v) is 7.38. The average Bonchev–Trinajstić information content (AvgIpc) is 2.14. The van der Waals surface area contributed by atoms with Gasteiger partial charge in [0.1, 0.15) is 9.49 Å². The van der Waals surface area contributed by atoms with Crippen molar-refractivity contribution >= 4 is 37.2 Å². The van der Waals surface area contributed by atoms with Crippen LogP contribution >= 0.6 is 25.3 Å². The number of rotatable bonds is 6. The van der Waals surface area contributed by atoms with Gasteiger partial charge in [0, 0.05) is 6.42 Å². The van der Waals surface area contributed by atoms with Crippen molar-refractivity contribution in [2.75, 3.05) is 0 Å². The third kappa shape index (κ3) is 6.54. The summed E-state index contributed by atoms with van der Waals surface area (Å²) in [4.78, 5) is 23.3. The molecule has 0 unspecified atom stereocenters. The Morgan fingerprint density at radius 2 is 1.33 bits per heavy atom. The monoisotopic (exact) mass is 294 g/mol. The molecule has 0 saturated carbocycles. The fourth-order valence-corrected chi connectivity index (χ4v) is 1.01. The summed E-state index contributed by atoms with van der Waals surface area (Å²) in [7, 11) is 0. The van der Waals surface area contributed by atoms with Crippen molar-refractivity contribution < 1.29 is 19.1 Å². The molecule has 0 aliphatic heterocycles. The third-order valence-corrected chi connectivity index (χ3v) is 2.37. The van der Waals surface area contributed by atoms with Gasteiger partial charge in [0.2, 0.25) is 6.29 Å². The first-order valence-corrected chi connectivity index (χ1v) is 6.74. The van der Waals surface area contributed by atoms with Crippen LogP contribution in [0.4, 0.5) is 0 Å². The van der Waals surface area contributed by atoms with E-state index >= 15 is 0 Å². The molecule has 6 heteroatoms. The molecule has 18 heavy (non-hydrogen) atoms. The number of esters is 2. The van der Waals surface area contributed by atoms with Gasteiger partial charge < -0.3 is 9.47 Å². The molecule has 0 heterocycles. The number of hydrogen-bond donors (Lipinski definition) is 2. The first kappa shape index (κ1) is 17.6. The highest BCUT2D eigenvalue weighted by Crippen LogP contribution is 2.20. The van der Waals surface area contributed by atoms with Crippen molar-refractivity contribution in [3.8, 4) is 0 Å². The number of carbonyl (C=O) groups excluding carboxylic acids is 2. The van der Waals surface area contributed by atoms with E-state index in [-0.39, 0.29) is 0 Å². The molecule has 0 aromatic carbocycles. The van der Waals surface area contributed by atoms with Crippen LogP contribution in [-0.4, -0.2) is 27.7 Å². The highest BCUT2D eigenvalue weighted by atomic mass is 32.1. The Morgan fingerprint density at radius 1 is 1.00 bits per heavy atom. The van der Waals surface area contributed by atoms with Crippen molar-refractivity contribution in [1.29, 1.82) is 0 Å². The Bertz CT molecular complexity index is 274. The van der Waals surface area contributed by atoms with E-state index < -0.39 is 27.7 Å². The fraction of sp³-hybridized carbons (Fsp3) is 0.833. The average molecular weight is 294 g/mol. The molecule has 0 saturated heterocycles. The Kier molecular flexibility index (Phi) is 6.57. The maximum atomic E-state index is 11.7. The first-order chi connectivity index (χ1) is 7.98. The van der Waals surface area contributed by atoms with E-state index in [4.69, 9.17) is 9.47 Å². The topological polar surface area (TPSA) is 52.6 Å². The highest BCUT2D eigenvalue weighted by molar-refractivity contribution is 7.82. The zero-order valence-electron chi connectivity index (χ0n) is 11.5. The molecule has 106 valence electrons. The zero-order valence-corrected chi connectivity index (χ0v) is 13.3. The van der Waals surface area contributed by atoms with Crippen LogP contribution in [0.15, 0.2) is 0 Å². The van der Waals surface area contributed by atoms with Gasteiger partial charge in [-0.3, -0.25) is 9.59 Å². The van der Waals surface area contributed by atoms with Gasteiger partial charge in [-0.1, -0.05) is 6.92 Å². The molecule has 0 aromatic rings. The summed E-state index contributed by atoms with van der Waals surface area (Å²) >= 11 is 8.22. The predicted octanol–water partition coefficient (Wildman–Crippen LogP) is 2.62. The Morgan fingerprint density at radius 3 is 1.56 bits per heavy atom. The van der Waals surface area contributed by atoms with Gasteiger partial charge in [-0.25, -0.2) is 0 Å². The lowest BCUT2D eigenvalue weighted by Crippen LogP contribution is -2.37. The first-order valence-electron chi connectivity index (χ1n) is 5.85. The van der Waals surface area contributed by atoms with E-state index in [0.29, 0.717) is 6.42 Å². The van der Waals surface area contributed by atoms with Gasteiger partial charge in [0.05, 0.1) is 0 Å². The summed E-state index contributed by atoms with van der Waals surface area (Å²) in [6.45, 7) is 8.38. The summed E-state index contributed by atoms with van der Waals surface area (Å²) in [6.07, 6.45) is 0.295. The lowest BCUT2D eigenvalue weighted by molar-refractivity contribution is -0.191. The second-order valence-electron chi connectivity index (χ2n) is 5.15. The van der Waals surface area contributed by atoms with Crippen molar-refractivity contribution in [3.05, 3.63) is 0 Å². The maximum absolute atomic E-state index is 11.7. The van der Waals surface area contributed by atoms with E-state index in [2.05, 4.69) is 25.3 Å². The van der Waals surface area contributed by atoms with Gasteiger partial charge in [0.15, 0.2) is 0 Å². The number of ether oxygens (including phenoxy) is 2. The molecule has 0 radical (unpaired) electrons. The smallest absolute Gasteiger partial charge is 0.324 e. The Hall–Kier alpha value is -0.360. The summed E-state index contributed by atoms with van der Waals surface area (Å²) in [5.74, 6) is -1.04. The summed E-state index contributed by atoms with van der Waals surface area (Å²) < 4.78 is 8.41. The van der Waals surface area contributed by atoms with E-state index in [1.54, 1.807) is 27.7 Å². The van der Waals surface area contributed by atoms with Crippen LogP contribution in [-0.2, 0) is 19.1 Å². The van der Waals surface area contributed by atoms with E-state index in [1.165, 1.54) is 0 Å². The lowest BCUT2D eigenvalue weighted by atomic mass is 10.2. The van der Waals surface area contributed by atoms with Gasteiger partial charge in [-0.05, 0) is 34.1 Å². The predicted molar refractivity (Wildman–Crippen MR) is 77.0 cm³/mol. The quantitative estimate of drug-likeness (QED) is 0.449. The van der Waals surface area contributed by atoms with E-state index in [9.17, 15) is 9.59 Å². The van der Waals surface area contributed by atoms with Crippen LogP contribution < -0.4 is 0 Å². The molecule has 0 aliphatic carbocycles. The largest absolute Gasteiger partial charge is 0.424 e. The summed E-state index contributed by atoms with van der Waals surface area (Å²) in [6, 6.07) is 0. The van der Waals surface area contributed by atoms with Crippen molar-refractivity contribution in [2.45, 2.75) is 63.2 Å². The normalized spacial score (nSPS) is 12.4. The van der Waals surface area contributed by atoms with Gasteiger partial charge in [-0.2, -0.15) is 25.3 Å². The summed E-state index contributed by atoms with van der Waals surface area (Å²) in [5, 5.41) is 0. The minimum absolute atomic E-state index is 0.450. The molecular formula is C12H22O4S2. The zero-order chi connectivity index (χ0) is 14.6. The summed E-state index contributed by atoms with van der Waals surface area (Å²) in [5.41, 5.74) is 0. The second kappa shape index (κ2) is 6.70. The van der Waals surface area contributed by atoms with Crippen molar-refractivity contribution in [2.24, 2.45) is 0 Å². The molecule has 0 bridgehead atoms. The van der Waals surface area contributed by atoms with Crippen LogP contribution in [0.1, 0.15) is 47.5 Å². The van der Waals surface area contributed by atoms with E-state index in [0.717, 1.165) is 6.42 Å². The van der Waals surface area contributed by atoms with Crippen LogP contribution in [0.3, 0.4) is 0 Å². The third-order valence-electron chi connectivity index (χ3n) is 2.00. The maximum Gasteiger partial charge on any atom is 0.324 e. The Labute approximate surface area is 120 Å². The molecule has 0 aromatic heterocycles. The van der Waals surface area contributed by atoms with Crippen LogP contribution in [0.5, 0.6) is 0 Å².